The number of benzene rings is 2. The number of aromatic nitrogens is 8. The van der Waals surface area contributed by atoms with Gasteiger partial charge in [0.25, 0.3) is 5.56 Å². The van der Waals surface area contributed by atoms with Gasteiger partial charge in [-0.15, -0.1) is 5.10 Å². The van der Waals surface area contributed by atoms with Gasteiger partial charge in [0.2, 0.25) is 0 Å². The van der Waals surface area contributed by atoms with Crippen LogP contribution in [0.2, 0.25) is 0 Å². The number of nitrogens with one attached hydrogen (secondary N) is 1. The minimum Gasteiger partial charge on any atom is -0.383 e. The second-order valence-corrected chi connectivity index (χ2v) is 9.17. The molecule has 0 amide bonds. The summed E-state index contributed by atoms with van der Waals surface area (Å²) in [4.78, 5) is 31.0. The third-order valence-corrected chi connectivity index (χ3v) is 6.72. The van der Waals surface area contributed by atoms with E-state index in [1.807, 2.05) is 41.0 Å². The van der Waals surface area contributed by atoms with Gasteiger partial charge in [-0.2, -0.15) is 0 Å². The zero-order chi connectivity index (χ0) is 26.6. The van der Waals surface area contributed by atoms with Gasteiger partial charge in [-0.3, -0.25) is 13.9 Å². The number of H-pyrrole nitrogens is 1. The van der Waals surface area contributed by atoms with Gasteiger partial charge in [-0.1, -0.05) is 61.9 Å². The molecule has 0 spiro atoms. The van der Waals surface area contributed by atoms with Crippen LogP contribution >= 0.6 is 0 Å². The molecule has 3 aromatic heterocycles. The van der Waals surface area contributed by atoms with Gasteiger partial charge in [0.05, 0.1) is 13.2 Å². The minimum absolute atomic E-state index is 0.318. The highest BCUT2D eigenvalue weighted by molar-refractivity contribution is 5.80. The molecule has 0 saturated carbocycles. The standard InChI is InChI=1S/C27H30N8O3/c1-4-5-10-22-28-25-23(26(36)33(2)27(37)34(25)15-16-38-3)35(22)17-18-11-13-19(14-12-18)20-8-6-7-9-21(20)24-29-31-32-30-24/h6-9,11-14H,4-5,10,15-17H2,1-3H3,(H,29,30,31,32). The molecule has 38 heavy (non-hydrogen) atoms. The number of aromatic amines is 1. The molecule has 196 valence electrons. The van der Waals surface area contributed by atoms with Crippen LogP contribution < -0.4 is 11.2 Å². The predicted octanol–water partition coefficient (Wildman–Crippen LogP) is 2.78. The second-order valence-electron chi connectivity index (χ2n) is 9.17. The van der Waals surface area contributed by atoms with Crippen molar-refractivity contribution in [3.8, 4) is 22.5 Å². The zero-order valence-electron chi connectivity index (χ0n) is 21.7. The molecule has 0 radical (unpaired) electrons. The minimum atomic E-state index is -0.392. The molecule has 3 heterocycles. The van der Waals surface area contributed by atoms with E-state index in [2.05, 4.69) is 39.7 Å². The molecule has 2 aromatic carbocycles. The molecule has 0 aliphatic carbocycles. The quantitative estimate of drug-likeness (QED) is 0.304. The molecule has 0 atom stereocenters. The topological polar surface area (TPSA) is 126 Å². The van der Waals surface area contributed by atoms with Crippen molar-refractivity contribution < 1.29 is 4.74 Å². The predicted molar refractivity (Wildman–Crippen MR) is 144 cm³/mol. The summed E-state index contributed by atoms with van der Waals surface area (Å²) in [6, 6.07) is 16.1. The van der Waals surface area contributed by atoms with Gasteiger partial charge in [0.1, 0.15) is 5.82 Å². The Hall–Kier alpha value is -4.38. The van der Waals surface area contributed by atoms with E-state index in [9.17, 15) is 9.59 Å². The van der Waals surface area contributed by atoms with Crippen LogP contribution in [0.4, 0.5) is 0 Å². The molecule has 0 aliphatic rings. The fraction of sp³-hybridized carbons (Fsp3) is 0.333. The molecule has 0 fully saturated rings. The molecule has 5 rings (SSSR count). The van der Waals surface area contributed by atoms with E-state index in [0.29, 0.717) is 43.1 Å². The Bertz CT molecular complexity index is 1660. The lowest BCUT2D eigenvalue weighted by atomic mass is 9.98. The Morgan fingerprint density at radius 3 is 2.45 bits per heavy atom. The second kappa shape index (κ2) is 10.9. The summed E-state index contributed by atoms with van der Waals surface area (Å²) in [5, 5.41) is 14.3. The highest BCUT2D eigenvalue weighted by Crippen LogP contribution is 2.30. The van der Waals surface area contributed by atoms with Crippen LogP contribution in [-0.2, 0) is 31.3 Å². The summed E-state index contributed by atoms with van der Waals surface area (Å²) in [7, 11) is 3.09. The number of ether oxygens (including phenoxy) is 1. The first-order valence-electron chi connectivity index (χ1n) is 12.6. The number of aryl methyl sites for hydroxylation is 1. The van der Waals surface area contributed by atoms with E-state index in [4.69, 9.17) is 9.72 Å². The normalized spacial score (nSPS) is 11.4. The van der Waals surface area contributed by atoms with Crippen LogP contribution in [0.5, 0.6) is 0 Å². The van der Waals surface area contributed by atoms with Crippen LogP contribution in [0.25, 0.3) is 33.7 Å². The number of fused-ring (bicyclic) bond motifs is 1. The molecular weight excluding hydrogens is 484 g/mol. The number of unbranched alkanes of at least 4 members (excludes halogenated alkanes) is 1. The molecular formula is C27H30N8O3. The van der Waals surface area contributed by atoms with Gasteiger partial charge in [0.15, 0.2) is 17.0 Å². The summed E-state index contributed by atoms with van der Waals surface area (Å²) in [6.07, 6.45) is 2.63. The van der Waals surface area contributed by atoms with E-state index in [-0.39, 0.29) is 5.56 Å². The number of rotatable bonds is 10. The van der Waals surface area contributed by atoms with Crippen LogP contribution in [0.15, 0.2) is 58.1 Å². The Kier molecular flexibility index (Phi) is 7.27. The molecule has 0 aliphatic heterocycles. The maximum Gasteiger partial charge on any atom is 0.332 e. The number of tetrazole rings is 1. The Labute approximate surface area is 218 Å². The summed E-state index contributed by atoms with van der Waals surface area (Å²) in [5.74, 6) is 1.40. The molecule has 0 bridgehead atoms. The lowest BCUT2D eigenvalue weighted by Gasteiger charge is -2.12. The van der Waals surface area contributed by atoms with Crippen molar-refractivity contribution in [2.45, 2.75) is 39.3 Å². The Balaban J connectivity index is 1.56. The van der Waals surface area contributed by atoms with E-state index in [1.165, 1.54) is 11.6 Å². The van der Waals surface area contributed by atoms with Crippen LogP contribution in [0.3, 0.4) is 0 Å². The van der Waals surface area contributed by atoms with Gasteiger partial charge in [-0.05, 0) is 33.5 Å². The lowest BCUT2D eigenvalue weighted by Crippen LogP contribution is -2.39. The lowest BCUT2D eigenvalue weighted by molar-refractivity contribution is 0.186. The smallest absolute Gasteiger partial charge is 0.332 e. The first-order chi connectivity index (χ1) is 18.5. The van der Waals surface area contributed by atoms with Gasteiger partial charge < -0.3 is 9.30 Å². The summed E-state index contributed by atoms with van der Waals surface area (Å²) in [6.45, 7) is 3.24. The first-order valence-corrected chi connectivity index (χ1v) is 12.6. The largest absolute Gasteiger partial charge is 0.383 e. The van der Waals surface area contributed by atoms with Crippen molar-refractivity contribution in [1.29, 1.82) is 0 Å². The van der Waals surface area contributed by atoms with Crippen molar-refractivity contribution in [2.75, 3.05) is 13.7 Å². The Morgan fingerprint density at radius 1 is 1.00 bits per heavy atom. The zero-order valence-corrected chi connectivity index (χ0v) is 21.7. The van der Waals surface area contributed by atoms with Gasteiger partial charge in [-0.25, -0.2) is 14.9 Å². The maximum absolute atomic E-state index is 13.3. The molecule has 0 saturated heterocycles. The fourth-order valence-corrected chi connectivity index (χ4v) is 4.67. The van der Waals surface area contributed by atoms with Crippen molar-refractivity contribution in [1.82, 2.24) is 39.3 Å². The van der Waals surface area contributed by atoms with Crippen LogP contribution in [0, 0.1) is 0 Å². The van der Waals surface area contributed by atoms with Crippen molar-refractivity contribution in [2.24, 2.45) is 7.05 Å². The Morgan fingerprint density at radius 2 is 1.76 bits per heavy atom. The fourth-order valence-electron chi connectivity index (χ4n) is 4.67. The van der Waals surface area contributed by atoms with Crippen molar-refractivity contribution in [3.63, 3.8) is 0 Å². The van der Waals surface area contributed by atoms with Crippen molar-refractivity contribution in [3.05, 3.63) is 80.8 Å². The number of hydrogen-bond acceptors (Lipinski definition) is 7. The SMILES string of the molecule is CCCCc1nc2c(c(=O)n(C)c(=O)n2CCOC)n1Cc1ccc(-c2ccccc2-c2nnn[nH]2)cc1. The van der Waals surface area contributed by atoms with Gasteiger partial charge in [0, 0.05) is 32.7 Å². The van der Waals surface area contributed by atoms with Crippen LogP contribution in [0.1, 0.15) is 31.2 Å². The maximum atomic E-state index is 13.3. The number of imidazole rings is 1. The summed E-state index contributed by atoms with van der Waals surface area (Å²) < 4.78 is 9.84. The van der Waals surface area contributed by atoms with E-state index in [1.54, 1.807) is 7.11 Å². The third kappa shape index (κ3) is 4.68. The number of methoxy groups -OCH3 is 1. The van der Waals surface area contributed by atoms with E-state index in [0.717, 1.165) is 45.5 Å². The third-order valence-electron chi connectivity index (χ3n) is 6.72. The van der Waals surface area contributed by atoms with E-state index >= 15 is 0 Å². The highest BCUT2D eigenvalue weighted by Gasteiger charge is 2.20. The number of hydrogen-bond donors (Lipinski definition) is 1. The molecule has 0 unspecified atom stereocenters. The first kappa shape index (κ1) is 25.3. The number of nitrogens with zero attached hydrogens (tertiary/aromatic N) is 7. The molecule has 5 aromatic rings. The average molecular weight is 515 g/mol. The summed E-state index contributed by atoms with van der Waals surface area (Å²) in [5.41, 5.74) is 4.05. The van der Waals surface area contributed by atoms with Crippen molar-refractivity contribution >= 4 is 11.2 Å². The van der Waals surface area contributed by atoms with E-state index < -0.39 is 5.69 Å². The molecule has 11 nitrogen and oxygen atoms in total. The van der Waals surface area contributed by atoms with Gasteiger partial charge >= 0.3 is 5.69 Å². The highest BCUT2D eigenvalue weighted by atomic mass is 16.5. The molecule has 11 heteroatoms. The monoisotopic (exact) mass is 514 g/mol. The van der Waals surface area contributed by atoms with Crippen LogP contribution in [-0.4, -0.2) is 53.0 Å². The molecule has 1 N–H and O–H groups in total. The average Bonchev–Trinajstić information content (AvgIpc) is 3.60. The summed E-state index contributed by atoms with van der Waals surface area (Å²) >= 11 is 0.